The molecule has 0 fully saturated rings. The van der Waals surface area contributed by atoms with Gasteiger partial charge >= 0.3 is 6.18 Å². The van der Waals surface area contributed by atoms with E-state index in [9.17, 15) is 13.2 Å². The molecular weight excluding hydrogens is 149 g/mol. The molecule has 10 heavy (non-hydrogen) atoms. The molecule has 0 aliphatic rings. The van der Waals surface area contributed by atoms with Crippen molar-refractivity contribution in [3.05, 3.63) is 0 Å². The van der Waals surface area contributed by atoms with Crippen molar-refractivity contribution in [2.24, 2.45) is 0 Å². The molecule has 0 rings (SSSR count). The predicted octanol–water partition coefficient (Wildman–Crippen LogP) is 0.946. The van der Waals surface area contributed by atoms with Gasteiger partial charge in [0, 0.05) is 20.1 Å². The molecule has 0 aromatic carbocycles. The van der Waals surface area contributed by atoms with Gasteiger partial charge in [-0.15, -0.1) is 0 Å². The van der Waals surface area contributed by atoms with Gasteiger partial charge in [-0.05, 0) is 0 Å². The zero-order valence-electron chi connectivity index (χ0n) is 5.48. The molecule has 0 unspecified atom stereocenters. The summed E-state index contributed by atoms with van der Waals surface area (Å²) in [5, 5.41) is 8.15. The number of ether oxygens (including phenoxy) is 1. The maximum absolute atomic E-state index is 11.7. The summed E-state index contributed by atoms with van der Waals surface area (Å²) in [5.74, 6) is 0. The summed E-state index contributed by atoms with van der Waals surface area (Å²) in [6, 6.07) is 0. The summed E-state index contributed by atoms with van der Waals surface area (Å²) in [5.41, 5.74) is 0. The highest BCUT2D eigenvalue weighted by Crippen LogP contribution is 2.24. The van der Waals surface area contributed by atoms with Gasteiger partial charge in [-0.25, -0.2) is 0 Å². The van der Waals surface area contributed by atoms with Crippen LogP contribution in [0.3, 0.4) is 0 Å². The van der Waals surface area contributed by atoms with E-state index in [2.05, 4.69) is 4.74 Å². The van der Waals surface area contributed by atoms with Crippen molar-refractivity contribution in [3.8, 4) is 0 Å². The number of halogens is 3. The van der Waals surface area contributed by atoms with Crippen LogP contribution in [0.5, 0.6) is 0 Å². The largest absolute Gasteiger partial charge is 0.414 e. The molecule has 5 heteroatoms. The van der Waals surface area contributed by atoms with Crippen molar-refractivity contribution in [1.82, 2.24) is 0 Å². The van der Waals surface area contributed by atoms with Crippen LogP contribution in [0.2, 0.25) is 0 Å². The van der Waals surface area contributed by atoms with E-state index in [1.807, 2.05) is 0 Å². The Morgan fingerprint density at radius 3 is 2.10 bits per heavy atom. The number of methoxy groups -OCH3 is 1. The van der Waals surface area contributed by atoms with Crippen LogP contribution in [0.1, 0.15) is 6.42 Å². The standard InChI is InChI=1S/C5H9F3O2/c1-10-4(2-3-9)5(6,7)8/h4,9H,2-3H2,1H3/t4-/m1/s1. The van der Waals surface area contributed by atoms with Gasteiger partial charge < -0.3 is 9.84 Å². The lowest BCUT2D eigenvalue weighted by Gasteiger charge is -2.16. The molecule has 0 spiro atoms. The van der Waals surface area contributed by atoms with Gasteiger partial charge in [0.1, 0.15) is 0 Å². The lowest BCUT2D eigenvalue weighted by molar-refractivity contribution is -0.216. The Kier molecular flexibility index (Phi) is 3.67. The highest BCUT2D eigenvalue weighted by atomic mass is 19.4. The quantitative estimate of drug-likeness (QED) is 0.662. The van der Waals surface area contributed by atoms with Crippen LogP contribution in [0, 0.1) is 0 Å². The normalized spacial score (nSPS) is 15.3. The van der Waals surface area contributed by atoms with Crippen molar-refractivity contribution < 1.29 is 23.0 Å². The maximum Gasteiger partial charge on any atom is 0.414 e. The molecule has 0 amide bonds. The second-order valence-electron chi connectivity index (χ2n) is 1.78. The second-order valence-corrected chi connectivity index (χ2v) is 1.78. The fourth-order valence-electron chi connectivity index (χ4n) is 0.532. The molecule has 62 valence electrons. The van der Waals surface area contributed by atoms with Crippen LogP contribution in [0.25, 0.3) is 0 Å². The lowest BCUT2D eigenvalue weighted by atomic mass is 10.2. The van der Waals surface area contributed by atoms with Crippen LogP contribution in [0.15, 0.2) is 0 Å². The summed E-state index contributed by atoms with van der Waals surface area (Å²) in [6.45, 7) is -0.516. The summed E-state index contributed by atoms with van der Waals surface area (Å²) < 4.78 is 39.1. The molecule has 0 aliphatic heterocycles. The van der Waals surface area contributed by atoms with E-state index in [4.69, 9.17) is 5.11 Å². The fourth-order valence-corrected chi connectivity index (χ4v) is 0.532. The molecule has 0 heterocycles. The van der Waals surface area contributed by atoms with E-state index < -0.39 is 25.3 Å². The SMILES string of the molecule is CO[C@H](CCO)C(F)(F)F. The smallest absolute Gasteiger partial charge is 0.396 e. The van der Waals surface area contributed by atoms with Gasteiger partial charge in [-0.1, -0.05) is 0 Å². The summed E-state index contributed by atoms with van der Waals surface area (Å²) in [7, 11) is 0.966. The van der Waals surface area contributed by atoms with Crippen LogP contribution >= 0.6 is 0 Å². The number of aliphatic hydroxyl groups excluding tert-OH is 1. The molecule has 0 aromatic heterocycles. The summed E-state index contributed by atoms with van der Waals surface area (Å²) in [4.78, 5) is 0. The molecule has 1 N–H and O–H groups in total. The van der Waals surface area contributed by atoms with Gasteiger partial charge in [0.25, 0.3) is 0 Å². The third-order valence-corrected chi connectivity index (χ3v) is 1.04. The average Bonchev–Trinajstić information content (AvgIpc) is 1.80. The van der Waals surface area contributed by atoms with Gasteiger partial charge in [0.15, 0.2) is 6.10 Å². The predicted molar refractivity (Wildman–Crippen MR) is 28.6 cm³/mol. The Morgan fingerprint density at radius 1 is 1.50 bits per heavy atom. The first-order valence-corrected chi connectivity index (χ1v) is 2.72. The van der Waals surface area contributed by atoms with Gasteiger partial charge in [-0.2, -0.15) is 13.2 Å². The van der Waals surface area contributed by atoms with Crippen LogP contribution in [-0.2, 0) is 4.74 Å². The molecule has 0 aliphatic carbocycles. The van der Waals surface area contributed by atoms with Crippen LogP contribution < -0.4 is 0 Å². The van der Waals surface area contributed by atoms with Crippen LogP contribution in [-0.4, -0.2) is 31.1 Å². The lowest BCUT2D eigenvalue weighted by Crippen LogP contribution is -2.31. The summed E-state index contributed by atoms with van der Waals surface area (Å²) in [6.07, 6.45) is -6.60. The topological polar surface area (TPSA) is 29.5 Å². The number of hydrogen-bond donors (Lipinski definition) is 1. The van der Waals surface area contributed by atoms with Crippen molar-refractivity contribution in [2.75, 3.05) is 13.7 Å². The third-order valence-electron chi connectivity index (χ3n) is 1.04. The zero-order valence-corrected chi connectivity index (χ0v) is 5.48. The summed E-state index contributed by atoms with van der Waals surface area (Å²) >= 11 is 0. The first kappa shape index (κ1) is 9.71. The Hall–Kier alpha value is -0.290. The minimum Gasteiger partial charge on any atom is -0.396 e. The number of hydrogen-bond acceptors (Lipinski definition) is 2. The fraction of sp³-hybridized carbons (Fsp3) is 1.00. The zero-order chi connectivity index (χ0) is 8.20. The van der Waals surface area contributed by atoms with Crippen molar-refractivity contribution in [2.45, 2.75) is 18.7 Å². The Bertz CT molecular complexity index is 91.4. The molecule has 1 atom stereocenters. The third kappa shape index (κ3) is 3.03. The number of aliphatic hydroxyl groups is 1. The number of alkyl halides is 3. The van der Waals surface area contributed by atoms with E-state index in [-0.39, 0.29) is 0 Å². The first-order valence-electron chi connectivity index (χ1n) is 2.72. The van der Waals surface area contributed by atoms with Gasteiger partial charge in [0.05, 0.1) is 0 Å². The molecule has 0 saturated carbocycles. The first-order chi connectivity index (χ1) is 4.52. The minimum atomic E-state index is -4.36. The van der Waals surface area contributed by atoms with Crippen LogP contribution in [0.4, 0.5) is 13.2 Å². The molecule has 0 saturated heterocycles. The van der Waals surface area contributed by atoms with E-state index >= 15 is 0 Å². The molecule has 2 nitrogen and oxygen atoms in total. The molecular formula is C5H9F3O2. The average molecular weight is 158 g/mol. The van der Waals surface area contributed by atoms with E-state index in [1.54, 1.807) is 0 Å². The van der Waals surface area contributed by atoms with Gasteiger partial charge in [-0.3, -0.25) is 0 Å². The van der Waals surface area contributed by atoms with Crippen molar-refractivity contribution in [1.29, 1.82) is 0 Å². The Balaban J connectivity index is 3.81. The van der Waals surface area contributed by atoms with Crippen molar-refractivity contribution >= 4 is 0 Å². The number of rotatable bonds is 3. The Morgan fingerprint density at radius 2 is 2.00 bits per heavy atom. The second kappa shape index (κ2) is 3.78. The highest BCUT2D eigenvalue weighted by Gasteiger charge is 2.39. The molecule has 0 aromatic rings. The Labute approximate surface area is 56.6 Å². The molecule has 0 bridgehead atoms. The van der Waals surface area contributed by atoms with Crippen molar-refractivity contribution in [3.63, 3.8) is 0 Å². The van der Waals surface area contributed by atoms with Gasteiger partial charge in [0.2, 0.25) is 0 Å². The minimum absolute atomic E-state index is 0.403. The maximum atomic E-state index is 11.7. The highest BCUT2D eigenvalue weighted by molar-refractivity contribution is 4.65. The van der Waals surface area contributed by atoms with E-state index in [0.29, 0.717) is 0 Å². The monoisotopic (exact) mass is 158 g/mol. The molecule has 0 radical (unpaired) electrons. The van der Waals surface area contributed by atoms with E-state index in [0.717, 1.165) is 7.11 Å². The van der Waals surface area contributed by atoms with E-state index in [1.165, 1.54) is 0 Å².